The molecule has 2 aromatic heterocycles. The Hall–Kier alpha value is -6.91. The van der Waals surface area contributed by atoms with Gasteiger partial charge in [-0.2, -0.15) is 0 Å². The first-order valence-electron chi connectivity index (χ1n) is 17.2. The van der Waals surface area contributed by atoms with Crippen LogP contribution in [0.5, 0.6) is 0 Å². The molecule has 236 valence electrons. The molecule has 2 heterocycles. The number of hydrogen-bond acceptors (Lipinski definition) is 4. The van der Waals surface area contributed by atoms with Crippen LogP contribution in [0.2, 0.25) is 0 Å². The van der Waals surface area contributed by atoms with E-state index in [1.54, 1.807) is 0 Å². The average Bonchev–Trinajstić information content (AvgIpc) is 3.74. The lowest BCUT2D eigenvalue weighted by Crippen LogP contribution is -2.00. The van der Waals surface area contributed by atoms with Gasteiger partial charge in [-0.3, -0.25) is 0 Å². The summed E-state index contributed by atoms with van der Waals surface area (Å²) in [6.07, 6.45) is 0. The van der Waals surface area contributed by atoms with E-state index in [2.05, 4.69) is 103 Å². The summed E-state index contributed by atoms with van der Waals surface area (Å²) in [4.78, 5) is 15.1. The molecule has 0 aliphatic heterocycles. The summed E-state index contributed by atoms with van der Waals surface area (Å²) >= 11 is 0. The van der Waals surface area contributed by atoms with Gasteiger partial charge >= 0.3 is 0 Å². The van der Waals surface area contributed by atoms with Gasteiger partial charge in [-0.25, -0.2) is 15.0 Å². The summed E-state index contributed by atoms with van der Waals surface area (Å²) in [5, 5.41) is 6.71. The minimum absolute atomic E-state index is 0.626. The maximum Gasteiger partial charge on any atom is 0.164 e. The van der Waals surface area contributed by atoms with Crippen LogP contribution in [0.4, 0.5) is 0 Å². The monoisotopic (exact) mass is 649 g/mol. The lowest BCUT2D eigenvalue weighted by Gasteiger charge is -2.11. The van der Waals surface area contributed by atoms with Crippen molar-refractivity contribution in [3.63, 3.8) is 0 Å². The molecule has 0 bridgehead atoms. The van der Waals surface area contributed by atoms with Gasteiger partial charge < -0.3 is 4.42 Å². The first-order chi connectivity index (χ1) is 25.3. The Kier molecular flexibility index (Phi) is 5.92. The fourth-order valence-corrected chi connectivity index (χ4v) is 7.94. The molecule has 4 nitrogen and oxygen atoms in total. The zero-order valence-electron chi connectivity index (χ0n) is 27.3. The van der Waals surface area contributed by atoms with Crippen molar-refractivity contribution in [1.82, 2.24) is 15.0 Å². The van der Waals surface area contributed by atoms with Gasteiger partial charge in [0.25, 0.3) is 0 Å². The Bertz CT molecular complexity index is 2930. The van der Waals surface area contributed by atoms with Gasteiger partial charge in [0.15, 0.2) is 17.5 Å². The van der Waals surface area contributed by atoms with Crippen LogP contribution < -0.4 is 0 Å². The van der Waals surface area contributed by atoms with Gasteiger partial charge in [0, 0.05) is 32.8 Å². The maximum absolute atomic E-state index is 6.77. The number of aromatic nitrogens is 3. The Balaban J connectivity index is 1.12. The van der Waals surface area contributed by atoms with Crippen LogP contribution in [0.25, 0.3) is 111 Å². The van der Waals surface area contributed by atoms with E-state index in [1.807, 2.05) is 60.7 Å². The summed E-state index contributed by atoms with van der Waals surface area (Å²) in [5.41, 5.74) is 12.1. The summed E-state index contributed by atoms with van der Waals surface area (Å²) in [6.45, 7) is 0. The molecular formula is C47H27N3O. The predicted molar refractivity (Wildman–Crippen MR) is 208 cm³/mol. The van der Waals surface area contributed by atoms with E-state index in [0.29, 0.717) is 17.5 Å². The Labute approximate surface area is 293 Å². The second-order valence-corrected chi connectivity index (χ2v) is 13.1. The standard InChI is InChI=1S/C47H27N3O/c1-3-12-28(13-4-1)45-48-46(29-14-5-2-6-15-29)50-47(49-45)41-27-40-35-23-22-30(26-42(35)51-44(40)39-19-10-9-18-34(39)41)31-24-25-38-33-17-8-7-16-32(33)37-21-11-20-36(31)43(37)38/h1-27H. The van der Waals surface area contributed by atoms with Crippen molar-refractivity contribution in [1.29, 1.82) is 0 Å². The predicted octanol–water partition coefficient (Wildman–Crippen LogP) is 12.4. The van der Waals surface area contributed by atoms with Crippen molar-refractivity contribution in [2.24, 2.45) is 0 Å². The molecule has 10 aromatic rings. The van der Waals surface area contributed by atoms with E-state index in [1.165, 1.54) is 38.6 Å². The molecule has 11 rings (SSSR count). The van der Waals surface area contributed by atoms with Crippen molar-refractivity contribution < 1.29 is 4.42 Å². The van der Waals surface area contributed by atoms with Crippen molar-refractivity contribution in [2.75, 3.05) is 0 Å². The molecule has 51 heavy (non-hydrogen) atoms. The van der Waals surface area contributed by atoms with Crippen LogP contribution in [0.1, 0.15) is 0 Å². The Morgan fingerprint density at radius 2 is 0.882 bits per heavy atom. The van der Waals surface area contributed by atoms with Crippen LogP contribution >= 0.6 is 0 Å². The average molecular weight is 650 g/mol. The molecular weight excluding hydrogens is 623 g/mol. The number of fused-ring (bicyclic) bond motifs is 8. The fourth-order valence-electron chi connectivity index (χ4n) is 7.94. The van der Waals surface area contributed by atoms with Gasteiger partial charge in [-0.05, 0) is 67.7 Å². The van der Waals surface area contributed by atoms with Gasteiger partial charge in [-0.15, -0.1) is 0 Å². The first kappa shape index (κ1) is 28.0. The highest BCUT2D eigenvalue weighted by Crippen LogP contribution is 2.49. The molecule has 0 saturated heterocycles. The van der Waals surface area contributed by atoms with E-state index in [-0.39, 0.29) is 0 Å². The normalized spacial score (nSPS) is 11.9. The third-order valence-electron chi connectivity index (χ3n) is 10.3. The van der Waals surface area contributed by atoms with Gasteiger partial charge in [0.1, 0.15) is 11.2 Å². The van der Waals surface area contributed by atoms with Crippen LogP contribution in [0, 0.1) is 0 Å². The molecule has 4 heteroatoms. The molecule has 0 spiro atoms. The molecule has 0 radical (unpaired) electrons. The third kappa shape index (κ3) is 4.23. The quantitative estimate of drug-likeness (QED) is 0.190. The van der Waals surface area contributed by atoms with Gasteiger partial charge in [0.05, 0.1) is 0 Å². The largest absolute Gasteiger partial charge is 0.455 e. The summed E-state index contributed by atoms with van der Waals surface area (Å²) < 4.78 is 6.77. The summed E-state index contributed by atoms with van der Waals surface area (Å²) in [5.74, 6) is 1.90. The zero-order valence-corrected chi connectivity index (χ0v) is 27.3. The highest BCUT2D eigenvalue weighted by molar-refractivity contribution is 6.21. The topological polar surface area (TPSA) is 51.8 Å². The minimum Gasteiger partial charge on any atom is -0.455 e. The number of rotatable bonds is 4. The molecule has 0 saturated carbocycles. The minimum atomic E-state index is 0.626. The van der Waals surface area contributed by atoms with Crippen molar-refractivity contribution in [3.8, 4) is 67.5 Å². The molecule has 0 unspecified atom stereocenters. The molecule has 8 aromatic carbocycles. The smallest absolute Gasteiger partial charge is 0.164 e. The van der Waals surface area contributed by atoms with Gasteiger partial charge in [-0.1, -0.05) is 146 Å². The lowest BCUT2D eigenvalue weighted by atomic mass is 9.93. The number of benzene rings is 8. The highest BCUT2D eigenvalue weighted by Gasteiger charge is 2.23. The van der Waals surface area contributed by atoms with Crippen LogP contribution in [0.3, 0.4) is 0 Å². The summed E-state index contributed by atoms with van der Waals surface area (Å²) in [6, 6.07) is 57.3. The molecule has 1 aliphatic rings. The van der Waals surface area contributed by atoms with Crippen LogP contribution in [-0.4, -0.2) is 15.0 Å². The van der Waals surface area contributed by atoms with E-state index in [0.717, 1.165) is 55.0 Å². The van der Waals surface area contributed by atoms with Crippen LogP contribution in [-0.2, 0) is 0 Å². The maximum atomic E-state index is 6.77. The molecule has 1 aliphatic carbocycles. The zero-order chi connectivity index (χ0) is 33.5. The number of furan rings is 1. The van der Waals surface area contributed by atoms with Crippen molar-refractivity contribution >= 4 is 43.5 Å². The second kappa shape index (κ2) is 10.8. The Morgan fingerprint density at radius 3 is 1.61 bits per heavy atom. The third-order valence-corrected chi connectivity index (χ3v) is 10.3. The fraction of sp³-hybridized carbons (Fsp3) is 0. The lowest BCUT2D eigenvalue weighted by molar-refractivity contribution is 0.673. The molecule has 0 amide bonds. The van der Waals surface area contributed by atoms with Crippen molar-refractivity contribution in [2.45, 2.75) is 0 Å². The number of nitrogens with zero attached hydrogens (tertiary/aromatic N) is 3. The SMILES string of the molecule is c1ccc(-c2nc(-c3ccccc3)nc(-c3cc4c5ccc(-c6ccc7c8c(cccc68)-c6ccccc6-7)cc5oc4c4ccccc34)n2)cc1. The van der Waals surface area contributed by atoms with E-state index in [4.69, 9.17) is 19.4 Å². The first-order valence-corrected chi connectivity index (χ1v) is 17.2. The van der Waals surface area contributed by atoms with Crippen molar-refractivity contribution in [3.05, 3.63) is 164 Å². The van der Waals surface area contributed by atoms with E-state index >= 15 is 0 Å². The molecule has 0 fully saturated rings. The van der Waals surface area contributed by atoms with Crippen LogP contribution in [0.15, 0.2) is 168 Å². The van der Waals surface area contributed by atoms with E-state index in [9.17, 15) is 0 Å². The molecule has 0 atom stereocenters. The Morgan fingerprint density at radius 1 is 0.314 bits per heavy atom. The summed E-state index contributed by atoms with van der Waals surface area (Å²) in [7, 11) is 0. The molecule has 0 N–H and O–H groups in total. The number of hydrogen-bond donors (Lipinski definition) is 0. The highest BCUT2D eigenvalue weighted by atomic mass is 16.3. The van der Waals surface area contributed by atoms with E-state index < -0.39 is 0 Å². The van der Waals surface area contributed by atoms with Gasteiger partial charge in [0.2, 0.25) is 0 Å². The second-order valence-electron chi connectivity index (χ2n) is 13.1.